The zero-order chi connectivity index (χ0) is 25.0. The van der Waals surface area contributed by atoms with E-state index in [1.807, 2.05) is 0 Å². The van der Waals surface area contributed by atoms with E-state index < -0.39 is 30.1 Å². The van der Waals surface area contributed by atoms with E-state index in [9.17, 15) is 0 Å². The van der Waals surface area contributed by atoms with Crippen LogP contribution in [0.3, 0.4) is 0 Å². The first-order valence-electron chi connectivity index (χ1n) is 12.8. The fraction of sp³-hybridized carbons (Fsp3) is 0.290. The maximum absolute atomic E-state index is 2.79. The fourth-order valence-corrected chi connectivity index (χ4v) is 136. The van der Waals surface area contributed by atoms with Crippen LogP contribution in [-0.2, 0) is 13.3 Å². The van der Waals surface area contributed by atoms with E-state index in [1.165, 1.54) is 6.42 Å². The van der Waals surface area contributed by atoms with Crippen molar-refractivity contribution >= 4 is 32.7 Å². The summed E-state index contributed by atoms with van der Waals surface area (Å²) in [5, 5.41) is 5.05. The molecular formula is C31H43P3Rh. The number of hydrogen-bond acceptors (Lipinski definition) is 0. The molecule has 0 N–H and O–H groups in total. The van der Waals surface area contributed by atoms with Gasteiger partial charge < -0.3 is 0 Å². The average molecular weight is 612 g/mol. The van der Waals surface area contributed by atoms with Crippen molar-refractivity contribution in [3.05, 3.63) is 115 Å². The molecule has 0 unspecified atom stereocenters. The molecule has 0 saturated heterocycles. The minimum atomic E-state index is -2.49. The van der Waals surface area contributed by atoms with Crippen molar-refractivity contribution < 1.29 is 13.3 Å². The summed E-state index contributed by atoms with van der Waals surface area (Å²) in [6.45, 7) is 16.8. The summed E-state index contributed by atoms with van der Waals surface area (Å²) in [7, 11) is 0. The van der Waals surface area contributed by atoms with Crippen molar-refractivity contribution in [1.82, 2.24) is 0 Å². The van der Waals surface area contributed by atoms with Gasteiger partial charge in [-0.2, -0.15) is 0 Å². The Kier molecular flexibility index (Phi) is 6.69. The minimum absolute atomic E-state index is 0.271. The van der Waals surface area contributed by atoms with E-state index in [2.05, 4.69) is 155 Å². The van der Waals surface area contributed by atoms with E-state index in [0.717, 1.165) is 0 Å². The molecule has 0 atom stereocenters. The van der Waals surface area contributed by atoms with Gasteiger partial charge in [0, 0.05) is 0 Å². The Labute approximate surface area is 216 Å². The Balaban J connectivity index is 1.95. The first-order valence-corrected chi connectivity index (χ1v) is 29.5. The van der Waals surface area contributed by atoms with Crippen LogP contribution < -0.4 is 15.9 Å². The third-order valence-electron chi connectivity index (χ3n) is 8.45. The molecule has 2 aliphatic rings. The molecule has 0 fully saturated rings. The standard InChI is InChI=1S/3C8H11P.C7H7.Rh/c3*1-9(2)8-6-4-3-5-7-8;1-2-7-4-3-6(1)5-7;/h3*3-7H,1-2H3;1-4,6H,5H2;/q;;;;-3/p+3. The molecular weight excluding hydrogens is 568 g/mol. The van der Waals surface area contributed by atoms with Gasteiger partial charge in [-0.05, 0) is 0 Å². The van der Waals surface area contributed by atoms with Gasteiger partial charge in [-0.3, -0.25) is 0 Å². The number of fused-ring (bicyclic) bond motifs is 2. The second-order valence-electron chi connectivity index (χ2n) is 11.3. The Hall–Kier alpha value is -0.947. The first kappa shape index (κ1) is 25.7. The summed E-state index contributed by atoms with van der Waals surface area (Å²) in [4.78, 5) is 0. The van der Waals surface area contributed by atoms with Crippen LogP contribution in [-0.4, -0.2) is 40.0 Å². The molecule has 4 heteroatoms. The first-order chi connectivity index (χ1) is 16.6. The van der Waals surface area contributed by atoms with E-state index in [-0.39, 0.29) is 4.01 Å². The normalized spacial score (nSPS) is 25.7. The molecule has 0 heterocycles. The molecule has 5 rings (SSSR count). The summed E-state index contributed by atoms with van der Waals surface area (Å²) in [5.74, 6) is 0.634. The number of rotatable bonds is 7. The molecule has 2 bridgehead atoms. The van der Waals surface area contributed by atoms with Gasteiger partial charge in [-0.25, -0.2) is 0 Å². The van der Waals surface area contributed by atoms with E-state index >= 15 is 0 Å². The predicted octanol–water partition coefficient (Wildman–Crippen LogP) is 7.19. The molecule has 3 aromatic rings. The number of allylic oxidation sites excluding steroid dienone is 4. The van der Waals surface area contributed by atoms with Crippen LogP contribution in [0.15, 0.2) is 115 Å². The molecule has 0 spiro atoms. The Morgan fingerprint density at radius 2 is 0.857 bits per heavy atom. The third kappa shape index (κ3) is 3.60. The predicted molar refractivity (Wildman–Crippen MR) is 168 cm³/mol. The molecule has 3 aromatic carbocycles. The Morgan fingerprint density at radius 1 is 0.543 bits per heavy atom. The number of hydrogen-bond donors (Lipinski definition) is 0. The van der Waals surface area contributed by atoms with Crippen molar-refractivity contribution in [3.8, 4) is 0 Å². The molecule has 0 amide bonds. The van der Waals surface area contributed by atoms with Gasteiger partial charge in [0.05, 0.1) is 0 Å². The van der Waals surface area contributed by atoms with E-state index in [4.69, 9.17) is 0 Å². The van der Waals surface area contributed by atoms with Crippen LogP contribution in [0.5, 0.6) is 0 Å². The van der Waals surface area contributed by atoms with Crippen LogP contribution in [0.2, 0.25) is 4.01 Å². The molecule has 35 heavy (non-hydrogen) atoms. The third-order valence-corrected chi connectivity index (χ3v) is 102. The van der Waals surface area contributed by atoms with Gasteiger partial charge in [-0.15, -0.1) is 0 Å². The topological polar surface area (TPSA) is 0 Å². The van der Waals surface area contributed by atoms with Crippen molar-refractivity contribution in [2.45, 2.75) is 10.4 Å². The second kappa shape index (κ2) is 9.11. The van der Waals surface area contributed by atoms with Gasteiger partial charge in [-0.1, -0.05) is 0 Å². The molecule has 0 nitrogen and oxygen atoms in total. The zero-order valence-corrected chi connectivity index (χ0v) is 26.7. The summed E-state index contributed by atoms with van der Waals surface area (Å²) in [6.07, 6.45) is 12.0. The monoisotopic (exact) mass is 611 g/mol. The second-order valence-corrected chi connectivity index (χ2v) is 58.8. The summed E-state index contributed by atoms with van der Waals surface area (Å²) in [6, 6.07) is 35.4. The van der Waals surface area contributed by atoms with E-state index in [0.29, 0.717) is 5.92 Å². The van der Waals surface area contributed by atoms with Crippen LogP contribution >= 0.6 is 16.8 Å². The number of benzene rings is 3. The van der Waals surface area contributed by atoms with Crippen molar-refractivity contribution in [2.75, 3.05) is 40.0 Å². The van der Waals surface area contributed by atoms with Crippen LogP contribution in [0.1, 0.15) is 6.42 Å². The van der Waals surface area contributed by atoms with Crippen molar-refractivity contribution in [1.29, 1.82) is 0 Å². The fourth-order valence-electron chi connectivity index (χ4n) is 7.21. The van der Waals surface area contributed by atoms with Gasteiger partial charge in [0.2, 0.25) is 0 Å². The average Bonchev–Trinajstić information content (AvgIpc) is 3.47. The molecule has 2 aliphatic carbocycles. The van der Waals surface area contributed by atoms with Crippen LogP contribution in [0.25, 0.3) is 0 Å². The van der Waals surface area contributed by atoms with Crippen LogP contribution in [0, 0.1) is 5.92 Å². The van der Waals surface area contributed by atoms with Gasteiger partial charge in [0.1, 0.15) is 0 Å². The van der Waals surface area contributed by atoms with Crippen molar-refractivity contribution in [2.24, 2.45) is 5.92 Å². The summed E-state index contributed by atoms with van der Waals surface area (Å²) < 4.78 is 0.271. The van der Waals surface area contributed by atoms with Crippen LogP contribution in [0.4, 0.5) is 0 Å². The Bertz CT molecular complexity index is 1100. The molecule has 0 aliphatic heterocycles. The van der Waals surface area contributed by atoms with Gasteiger partial charge in [0.15, 0.2) is 0 Å². The molecule has 0 aromatic heterocycles. The van der Waals surface area contributed by atoms with Crippen molar-refractivity contribution in [3.63, 3.8) is 0 Å². The maximum atomic E-state index is 2.79. The molecule has 0 radical (unpaired) electrons. The van der Waals surface area contributed by atoms with Gasteiger partial charge >= 0.3 is 218 Å². The molecule has 191 valence electrons. The quantitative estimate of drug-likeness (QED) is 0.151. The zero-order valence-electron chi connectivity index (χ0n) is 22.1. The van der Waals surface area contributed by atoms with E-state index in [1.54, 1.807) is 15.9 Å². The summed E-state index contributed by atoms with van der Waals surface area (Å²) in [5.41, 5.74) is -5.84. The Morgan fingerprint density at radius 3 is 1.11 bits per heavy atom. The van der Waals surface area contributed by atoms with Gasteiger partial charge in [0.25, 0.3) is 0 Å². The summed E-state index contributed by atoms with van der Waals surface area (Å²) >= 11 is -2.49. The molecule has 0 saturated carbocycles. The SMILES string of the molecule is C[PH](C)(c1ccccc1)[Rh]([C]12C=CC(C=C1)C2)([PH](C)(C)c1ccccc1)[PH](C)(C)c1ccccc1.